The van der Waals surface area contributed by atoms with Crippen LogP contribution < -0.4 is 14.8 Å². The van der Waals surface area contributed by atoms with Crippen molar-refractivity contribution in [3.63, 3.8) is 0 Å². The molecule has 0 fully saturated rings. The van der Waals surface area contributed by atoms with E-state index in [1.54, 1.807) is 13.2 Å². The molecule has 0 spiro atoms. The minimum atomic E-state index is -0.555. The number of hydrogen-bond donors (Lipinski definition) is 1. The summed E-state index contributed by atoms with van der Waals surface area (Å²) in [6.07, 6.45) is 0.0226. The van der Waals surface area contributed by atoms with Crippen LogP contribution in [0.4, 0.5) is 5.69 Å². The average Bonchev–Trinajstić information content (AvgIpc) is 2.56. The molecule has 23 heavy (non-hydrogen) atoms. The number of hydrogen-bond acceptors (Lipinski definition) is 3. The van der Waals surface area contributed by atoms with Gasteiger partial charge in [0.25, 0.3) is 5.91 Å². The van der Waals surface area contributed by atoms with Crippen molar-refractivity contribution in [2.24, 2.45) is 0 Å². The second kappa shape index (κ2) is 7.68. The first kappa shape index (κ1) is 16.9. The number of rotatable bonds is 6. The number of benzene rings is 2. The molecular weight excluding hydrogens is 290 g/mol. The van der Waals surface area contributed by atoms with Gasteiger partial charge in [-0.2, -0.15) is 0 Å². The Morgan fingerprint density at radius 2 is 1.78 bits per heavy atom. The number of ether oxygens (including phenoxy) is 2. The number of carbonyl (C=O) groups is 1. The summed E-state index contributed by atoms with van der Waals surface area (Å²) in [5.74, 6) is 1.19. The third-order valence-corrected chi connectivity index (χ3v) is 3.85. The van der Waals surface area contributed by atoms with Gasteiger partial charge in [-0.25, -0.2) is 0 Å². The molecule has 0 unspecified atom stereocenters. The Balaban J connectivity index is 2.14. The maximum atomic E-state index is 12.5. The molecule has 1 N–H and O–H groups in total. The van der Waals surface area contributed by atoms with Crippen molar-refractivity contribution >= 4 is 11.6 Å². The predicted molar refractivity (Wildman–Crippen MR) is 92.2 cm³/mol. The van der Waals surface area contributed by atoms with E-state index < -0.39 is 6.10 Å². The Bertz CT molecular complexity index is 682. The molecule has 0 aliphatic rings. The Hall–Kier alpha value is -2.49. The van der Waals surface area contributed by atoms with E-state index >= 15 is 0 Å². The first-order chi connectivity index (χ1) is 11.1. The van der Waals surface area contributed by atoms with Crippen molar-refractivity contribution < 1.29 is 14.3 Å². The van der Waals surface area contributed by atoms with E-state index in [1.165, 1.54) is 0 Å². The first-order valence-corrected chi connectivity index (χ1v) is 7.73. The summed E-state index contributed by atoms with van der Waals surface area (Å²) in [5.41, 5.74) is 2.83. The van der Waals surface area contributed by atoms with Crippen LogP contribution in [0, 0.1) is 13.8 Å². The Morgan fingerprint density at radius 1 is 1.09 bits per heavy atom. The average molecular weight is 313 g/mol. The Morgan fingerprint density at radius 3 is 2.48 bits per heavy atom. The predicted octanol–water partition coefficient (Wildman–Crippen LogP) is 4.11. The summed E-state index contributed by atoms with van der Waals surface area (Å²) in [5, 5.41) is 2.88. The molecule has 0 radical (unpaired) electrons. The van der Waals surface area contributed by atoms with E-state index in [0.717, 1.165) is 16.9 Å². The monoisotopic (exact) mass is 313 g/mol. The van der Waals surface area contributed by atoms with Crippen LogP contribution in [-0.2, 0) is 4.79 Å². The fourth-order valence-corrected chi connectivity index (χ4v) is 2.29. The largest absolute Gasteiger partial charge is 0.495 e. The molecule has 2 aromatic carbocycles. The van der Waals surface area contributed by atoms with Crippen LogP contribution in [0.15, 0.2) is 42.5 Å². The highest BCUT2D eigenvalue weighted by Crippen LogP contribution is 2.25. The summed E-state index contributed by atoms with van der Waals surface area (Å²) in [4.78, 5) is 12.5. The van der Waals surface area contributed by atoms with Gasteiger partial charge in [0, 0.05) is 0 Å². The van der Waals surface area contributed by atoms with Gasteiger partial charge in [0.15, 0.2) is 6.10 Å². The molecule has 0 aliphatic heterocycles. The van der Waals surface area contributed by atoms with E-state index in [2.05, 4.69) is 5.32 Å². The number of nitrogens with one attached hydrogen (secondary N) is 1. The standard InChI is InChI=1S/C19H23NO3/c1-5-16(23-17-12-8-9-13(2)14(17)3)19(21)20-15-10-6-7-11-18(15)22-4/h6-12,16H,5H2,1-4H3,(H,20,21)/t16-/m0/s1. The molecule has 2 rings (SSSR count). The van der Waals surface area contributed by atoms with Gasteiger partial charge in [0.05, 0.1) is 12.8 Å². The summed E-state index contributed by atoms with van der Waals surface area (Å²) < 4.78 is 11.2. The van der Waals surface area contributed by atoms with E-state index in [-0.39, 0.29) is 5.91 Å². The van der Waals surface area contributed by atoms with Gasteiger partial charge >= 0.3 is 0 Å². The van der Waals surface area contributed by atoms with Gasteiger partial charge in [0.1, 0.15) is 11.5 Å². The fraction of sp³-hybridized carbons (Fsp3) is 0.316. The topological polar surface area (TPSA) is 47.6 Å². The molecule has 1 atom stereocenters. The van der Waals surface area contributed by atoms with E-state index in [4.69, 9.17) is 9.47 Å². The smallest absolute Gasteiger partial charge is 0.265 e. The maximum absolute atomic E-state index is 12.5. The third kappa shape index (κ3) is 4.03. The molecule has 0 saturated carbocycles. The van der Waals surface area contributed by atoms with Crippen LogP contribution >= 0.6 is 0 Å². The minimum absolute atomic E-state index is 0.182. The first-order valence-electron chi connectivity index (χ1n) is 7.73. The van der Waals surface area contributed by atoms with Crippen molar-refractivity contribution in [2.75, 3.05) is 12.4 Å². The zero-order valence-electron chi connectivity index (χ0n) is 14.1. The van der Waals surface area contributed by atoms with Crippen molar-refractivity contribution in [3.05, 3.63) is 53.6 Å². The van der Waals surface area contributed by atoms with Crippen molar-refractivity contribution in [1.29, 1.82) is 0 Å². The normalized spacial score (nSPS) is 11.7. The van der Waals surface area contributed by atoms with E-state index in [9.17, 15) is 4.79 Å². The van der Waals surface area contributed by atoms with Gasteiger partial charge < -0.3 is 14.8 Å². The van der Waals surface area contributed by atoms with Crippen molar-refractivity contribution in [2.45, 2.75) is 33.3 Å². The summed E-state index contributed by atoms with van der Waals surface area (Å²) >= 11 is 0. The molecule has 2 aromatic rings. The fourth-order valence-electron chi connectivity index (χ4n) is 2.29. The van der Waals surface area contributed by atoms with E-state index in [1.807, 2.05) is 57.2 Å². The van der Waals surface area contributed by atoms with Crippen molar-refractivity contribution in [1.82, 2.24) is 0 Å². The molecule has 1 amide bonds. The second-order valence-electron chi connectivity index (χ2n) is 5.40. The zero-order chi connectivity index (χ0) is 16.8. The van der Waals surface area contributed by atoms with Gasteiger partial charge in [-0.15, -0.1) is 0 Å². The molecule has 4 heteroatoms. The number of para-hydroxylation sites is 2. The van der Waals surface area contributed by atoms with E-state index in [0.29, 0.717) is 17.9 Å². The molecule has 0 aromatic heterocycles. The van der Waals surface area contributed by atoms with Crippen LogP contribution in [0.25, 0.3) is 0 Å². The van der Waals surface area contributed by atoms with Gasteiger partial charge in [-0.1, -0.05) is 31.2 Å². The molecule has 0 aliphatic carbocycles. The maximum Gasteiger partial charge on any atom is 0.265 e. The van der Waals surface area contributed by atoms with Crippen LogP contribution in [0.2, 0.25) is 0 Å². The molecule has 4 nitrogen and oxygen atoms in total. The lowest BCUT2D eigenvalue weighted by Gasteiger charge is -2.20. The van der Waals surface area contributed by atoms with Gasteiger partial charge in [-0.3, -0.25) is 4.79 Å². The number of methoxy groups -OCH3 is 1. The highest BCUT2D eigenvalue weighted by atomic mass is 16.5. The van der Waals surface area contributed by atoms with Gasteiger partial charge in [-0.05, 0) is 49.6 Å². The Labute approximate surface area is 137 Å². The second-order valence-corrected chi connectivity index (χ2v) is 5.40. The quantitative estimate of drug-likeness (QED) is 0.873. The lowest BCUT2D eigenvalue weighted by Crippen LogP contribution is -2.32. The number of anilines is 1. The van der Waals surface area contributed by atoms with Crippen LogP contribution in [0.1, 0.15) is 24.5 Å². The molecule has 0 saturated heterocycles. The third-order valence-electron chi connectivity index (χ3n) is 3.85. The summed E-state index contributed by atoms with van der Waals surface area (Å²) in [6, 6.07) is 13.2. The molecule has 0 bridgehead atoms. The number of carbonyl (C=O) groups excluding carboxylic acids is 1. The highest BCUT2D eigenvalue weighted by molar-refractivity contribution is 5.95. The summed E-state index contributed by atoms with van der Waals surface area (Å²) in [7, 11) is 1.58. The SMILES string of the molecule is CC[C@H](Oc1cccc(C)c1C)C(=O)Nc1ccccc1OC. The lowest BCUT2D eigenvalue weighted by atomic mass is 10.1. The number of amides is 1. The minimum Gasteiger partial charge on any atom is -0.495 e. The van der Waals surface area contributed by atoms with Crippen LogP contribution in [0.3, 0.4) is 0 Å². The summed E-state index contributed by atoms with van der Waals surface area (Å²) in [6.45, 7) is 5.95. The number of aryl methyl sites for hydroxylation is 1. The van der Waals surface area contributed by atoms with Crippen molar-refractivity contribution in [3.8, 4) is 11.5 Å². The zero-order valence-corrected chi connectivity index (χ0v) is 14.1. The lowest BCUT2D eigenvalue weighted by molar-refractivity contribution is -0.122. The van der Waals surface area contributed by atoms with Crippen LogP contribution in [-0.4, -0.2) is 19.1 Å². The van der Waals surface area contributed by atoms with Gasteiger partial charge in [0.2, 0.25) is 0 Å². The molecule has 122 valence electrons. The molecular formula is C19H23NO3. The molecule has 0 heterocycles. The van der Waals surface area contributed by atoms with Crippen LogP contribution in [0.5, 0.6) is 11.5 Å². The Kier molecular flexibility index (Phi) is 5.63. The highest BCUT2D eigenvalue weighted by Gasteiger charge is 2.20.